The van der Waals surface area contributed by atoms with E-state index in [1.165, 1.54) is 0 Å². The fourth-order valence-corrected chi connectivity index (χ4v) is 8.51. The molecule has 5 aromatic rings. The molecule has 1 atom stereocenters. The second kappa shape index (κ2) is 16.0. The number of aromatic amines is 1. The maximum Gasteiger partial charge on any atom is 0.255 e. The third kappa shape index (κ3) is 7.63. The standard InChI is InChI=1S/C44H49N9O5/c1-5-6-29-17-27(4)48-42(56)35(29)22-46-41(55)34-19-31(20-38-36(34)23-47-53(38)26(2)3)30-8-11-39(45-21-30)51-15-13-50(14-16-51)24-28-7-9-33-32(18-28)25-52(44(33)58)37-10-12-40(54)49-43(37)57/h7-9,11,17-21,23,26,37H,5-6,10,12-16,22,24-25H2,1-4H3,(H,46,55)(H,48,56)(H,49,54,57). The van der Waals surface area contributed by atoms with Crippen LogP contribution in [0.1, 0.15) is 94.7 Å². The first kappa shape index (κ1) is 38.7. The summed E-state index contributed by atoms with van der Waals surface area (Å²) in [5.41, 5.74) is 7.85. The molecule has 0 spiro atoms. The first-order valence-corrected chi connectivity index (χ1v) is 20.2. The van der Waals surface area contributed by atoms with Gasteiger partial charge in [-0.2, -0.15) is 5.10 Å². The normalized spacial score (nSPS) is 17.3. The summed E-state index contributed by atoms with van der Waals surface area (Å²) in [7, 11) is 0. The van der Waals surface area contributed by atoms with Crippen molar-refractivity contribution in [2.75, 3.05) is 31.1 Å². The van der Waals surface area contributed by atoms with E-state index in [1.807, 2.05) is 54.2 Å². The second-order valence-electron chi connectivity index (χ2n) is 15.9. The molecule has 3 aliphatic heterocycles. The topological polar surface area (TPSA) is 166 Å². The summed E-state index contributed by atoms with van der Waals surface area (Å²) < 4.78 is 1.92. The first-order valence-electron chi connectivity index (χ1n) is 20.2. The number of hydrogen-bond donors (Lipinski definition) is 3. The Morgan fingerprint density at radius 2 is 1.78 bits per heavy atom. The molecule has 0 radical (unpaired) electrons. The highest BCUT2D eigenvalue weighted by Crippen LogP contribution is 2.31. The van der Waals surface area contributed by atoms with Crippen molar-refractivity contribution >= 4 is 40.3 Å². The van der Waals surface area contributed by atoms with Crippen LogP contribution in [0.15, 0.2) is 65.7 Å². The van der Waals surface area contributed by atoms with Gasteiger partial charge in [-0.05, 0) is 92.3 Å². The lowest BCUT2D eigenvalue weighted by Crippen LogP contribution is -2.52. The molecule has 2 aromatic carbocycles. The summed E-state index contributed by atoms with van der Waals surface area (Å²) in [5, 5.41) is 10.8. The maximum atomic E-state index is 13.9. The Morgan fingerprint density at radius 1 is 0.966 bits per heavy atom. The number of nitrogens with zero attached hydrogens (tertiary/aromatic N) is 6. The number of carbonyl (C=O) groups excluding carboxylic acids is 4. The molecule has 8 rings (SSSR count). The van der Waals surface area contributed by atoms with Crippen molar-refractivity contribution in [3.05, 3.63) is 110 Å². The molecular weight excluding hydrogens is 735 g/mol. The van der Waals surface area contributed by atoms with Crippen LogP contribution >= 0.6 is 0 Å². The average molecular weight is 784 g/mol. The van der Waals surface area contributed by atoms with Crippen LogP contribution in [0.2, 0.25) is 0 Å². The number of piperidine rings is 1. The predicted octanol–water partition coefficient (Wildman–Crippen LogP) is 4.64. The number of hydrogen-bond acceptors (Lipinski definition) is 9. The summed E-state index contributed by atoms with van der Waals surface area (Å²) in [6.45, 7) is 12.6. The minimum Gasteiger partial charge on any atom is -0.354 e. The fourth-order valence-electron chi connectivity index (χ4n) is 8.51. The molecule has 6 heterocycles. The van der Waals surface area contributed by atoms with Crippen LogP contribution in [-0.2, 0) is 35.6 Å². The number of benzene rings is 2. The van der Waals surface area contributed by atoms with Gasteiger partial charge < -0.3 is 20.1 Å². The Kier molecular flexibility index (Phi) is 10.7. The molecule has 4 amide bonds. The van der Waals surface area contributed by atoms with Gasteiger partial charge in [0.15, 0.2) is 0 Å². The highest BCUT2D eigenvalue weighted by Gasteiger charge is 2.39. The Bertz CT molecular complexity index is 2480. The van der Waals surface area contributed by atoms with E-state index in [2.05, 4.69) is 63.4 Å². The molecule has 14 heteroatoms. The molecule has 1 unspecified atom stereocenters. The van der Waals surface area contributed by atoms with Crippen LogP contribution in [0.25, 0.3) is 22.0 Å². The van der Waals surface area contributed by atoms with E-state index >= 15 is 0 Å². The quantitative estimate of drug-likeness (QED) is 0.162. The first-order chi connectivity index (χ1) is 28.0. The number of carbonyl (C=O) groups is 4. The summed E-state index contributed by atoms with van der Waals surface area (Å²) >= 11 is 0. The van der Waals surface area contributed by atoms with Crippen molar-refractivity contribution in [2.24, 2.45) is 0 Å². The van der Waals surface area contributed by atoms with E-state index in [0.717, 1.165) is 95.8 Å². The minimum atomic E-state index is -0.623. The number of H-pyrrole nitrogens is 1. The highest BCUT2D eigenvalue weighted by molar-refractivity contribution is 6.08. The summed E-state index contributed by atoms with van der Waals surface area (Å²) in [6.07, 6.45) is 5.82. The van der Waals surface area contributed by atoms with Crippen molar-refractivity contribution < 1.29 is 19.2 Å². The predicted molar refractivity (Wildman–Crippen MR) is 220 cm³/mol. The van der Waals surface area contributed by atoms with E-state index in [0.29, 0.717) is 29.7 Å². The molecule has 3 N–H and O–H groups in total. The molecule has 3 aromatic heterocycles. The summed E-state index contributed by atoms with van der Waals surface area (Å²) in [6, 6.07) is 15.4. The van der Waals surface area contributed by atoms with Crippen molar-refractivity contribution in [1.29, 1.82) is 0 Å². The number of pyridine rings is 2. The largest absolute Gasteiger partial charge is 0.354 e. The molecule has 3 aliphatic rings. The third-order valence-corrected chi connectivity index (χ3v) is 11.5. The van der Waals surface area contributed by atoms with Crippen molar-refractivity contribution in [3.63, 3.8) is 0 Å². The van der Waals surface area contributed by atoms with Crippen LogP contribution in [-0.4, -0.2) is 85.4 Å². The van der Waals surface area contributed by atoms with E-state index in [4.69, 9.17) is 4.98 Å². The zero-order valence-electron chi connectivity index (χ0n) is 33.4. The Hall–Kier alpha value is -6.15. The summed E-state index contributed by atoms with van der Waals surface area (Å²) in [4.78, 5) is 78.0. The number of aromatic nitrogens is 4. The maximum absolute atomic E-state index is 13.9. The Labute approximate surface area is 336 Å². The fraction of sp³-hybridized carbons (Fsp3) is 0.386. The average Bonchev–Trinajstić information content (AvgIpc) is 3.78. The molecular formula is C44H49N9O5. The number of piperazine rings is 1. The lowest BCUT2D eigenvalue weighted by molar-refractivity contribution is -0.136. The SMILES string of the molecule is CCCc1cc(C)[nH]c(=O)c1CNC(=O)c1cc(-c2ccc(N3CCN(Cc4ccc5c(c4)CN(C4CCC(=O)NC4=O)C5=O)CC3)nc2)cc2c1cnn2C(C)C. The van der Waals surface area contributed by atoms with E-state index in [1.54, 1.807) is 11.1 Å². The number of rotatable bonds is 11. The molecule has 0 bridgehead atoms. The number of anilines is 1. The van der Waals surface area contributed by atoms with Crippen LogP contribution in [0.4, 0.5) is 5.82 Å². The van der Waals surface area contributed by atoms with Crippen molar-refractivity contribution in [2.45, 2.75) is 85.1 Å². The number of amides is 4. The number of imide groups is 1. The lowest BCUT2D eigenvalue weighted by Gasteiger charge is -2.35. The van der Waals surface area contributed by atoms with E-state index < -0.39 is 11.9 Å². The number of nitrogens with one attached hydrogen (secondary N) is 3. The van der Waals surface area contributed by atoms with E-state index in [9.17, 15) is 24.0 Å². The molecule has 300 valence electrons. The van der Waals surface area contributed by atoms with Gasteiger partial charge in [0.1, 0.15) is 11.9 Å². The van der Waals surface area contributed by atoms with Crippen LogP contribution in [0.5, 0.6) is 0 Å². The zero-order chi connectivity index (χ0) is 40.7. The van der Waals surface area contributed by atoms with Gasteiger partial charge in [0.2, 0.25) is 11.8 Å². The molecule has 0 saturated carbocycles. The lowest BCUT2D eigenvalue weighted by atomic mass is 10.00. The minimum absolute atomic E-state index is 0.0767. The number of fused-ring (bicyclic) bond motifs is 2. The Balaban J connectivity index is 0.932. The highest BCUT2D eigenvalue weighted by atomic mass is 16.2. The van der Waals surface area contributed by atoms with Gasteiger partial charge in [-0.15, -0.1) is 0 Å². The molecule has 0 aliphatic carbocycles. The van der Waals surface area contributed by atoms with Gasteiger partial charge in [-0.25, -0.2) is 4.98 Å². The molecule has 2 fully saturated rings. The smallest absolute Gasteiger partial charge is 0.255 e. The van der Waals surface area contributed by atoms with Gasteiger partial charge in [-0.1, -0.05) is 25.5 Å². The third-order valence-electron chi connectivity index (χ3n) is 11.5. The number of aryl methyl sites for hydroxylation is 2. The molecule has 2 saturated heterocycles. The second-order valence-corrected chi connectivity index (χ2v) is 15.9. The van der Waals surface area contributed by atoms with Gasteiger partial charge in [0.05, 0.1) is 17.3 Å². The van der Waals surface area contributed by atoms with Crippen LogP contribution < -0.4 is 21.1 Å². The van der Waals surface area contributed by atoms with E-state index in [-0.39, 0.29) is 42.3 Å². The zero-order valence-corrected chi connectivity index (χ0v) is 33.4. The van der Waals surface area contributed by atoms with Crippen molar-refractivity contribution in [1.82, 2.24) is 40.2 Å². The van der Waals surface area contributed by atoms with Crippen molar-refractivity contribution in [3.8, 4) is 11.1 Å². The Morgan fingerprint density at radius 3 is 2.50 bits per heavy atom. The monoisotopic (exact) mass is 783 g/mol. The van der Waals surface area contributed by atoms with Crippen LogP contribution in [0, 0.1) is 6.92 Å². The molecule has 14 nitrogen and oxygen atoms in total. The van der Waals surface area contributed by atoms with Gasteiger partial charge in [0.25, 0.3) is 17.4 Å². The van der Waals surface area contributed by atoms with Gasteiger partial charge in [0, 0.05) is 92.2 Å². The molecule has 58 heavy (non-hydrogen) atoms. The summed E-state index contributed by atoms with van der Waals surface area (Å²) in [5.74, 6) is -0.253. The van der Waals surface area contributed by atoms with Crippen LogP contribution in [0.3, 0.4) is 0 Å². The van der Waals surface area contributed by atoms with Gasteiger partial charge in [-0.3, -0.25) is 38.9 Å². The van der Waals surface area contributed by atoms with Gasteiger partial charge >= 0.3 is 0 Å².